The molecule has 0 aromatic heterocycles. The topological polar surface area (TPSA) is 50.7 Å². The molecule has 0 radical (unpaired) electrons. The van der Waals surface area contributed by atoms with Gasteiger partial charge in [-0.15, -0.1) is 0 Å². The van der Waals surface area contributed by atoms with Crippen LogP contribution in [0.5, 0.6) is 0 Å². The molecule has 1 aliphatic rings. The van der Waals surface area contributed by atoms with Gasteiger partial charge in [-0.3, -0.25) is 0 Å². The van der Waals surface area contributed by atoms with Crippen molar-refractivity contribution in [1.82, 2.24) is 5.32 Å². The third-order valence-electron chi connectivity index (χ3n) is 4.05. The lowest BCUT2D eigenvalue weighted by Crippen LogP contribution is -2.48. The van der Waals surface area contributed by atoms with Crippen molar-refractivity contribution in [2.24, 2.45) is 5.92 Å². The summed E-state index contributed by atoms with van der Waals surface area (Å²) in [7, 11) is 0. The Morgan fingerprint density at radius 2 is 2.26 bits per heavy atom. The predicted octanol–water partition coefficient (Wildman–Crippen LogP) is 1.96. The SMILES string of the molecule is CCCNC(CC)(CO)CCCOCC1CCOC1. The Bertz CT molecular complexity index is 213. The molecule has 114 valence electrons. The van der Waals surface area contributed by atoms with E-state index in [9.17, 15) is 5.11 Å². The second kappa shape index (κ2) is 9.70. The Morgan fingerprint density at radius 3 is 2.84 bits per heavy atom. The molecule has 0 bridgehead atoms. The standard InChI is InChI=1S/C15H31NO3/c1-3-8-16-15(4-2,13-17)7-5-9-18-11-14-6-10-19-12-14/h14,16-17H,3-13H2,1-2H3. The summed E-state index contributed by atoms with van der Waals surface area (Å²) >= 11 is 0. The second-order valence-corrected chi connectivity index (χ2v) is 5.63. The van der Waals surface area contributed by atoms with Crippen LogP contribution in [-0.2, 0) is 9.47 Å². The van der Waals surface area contributed by atoms with E-state index in [2.05, 4.69) is 19.2 Å². The van der Waals surface area contributed by atoms with Crippen molar-refractivity contribution >= 4 is 0 Å². The van der Waals surface area contributed by atoms with Crippen LogP contribution in [0.2, 0.25) is 0 Å². The molecular weight excluding hydrogens is 242 g/mol. The quantitative estimate of drug-likeness (QED) is 0.565. The van der Waals surface area contributed by atoms with Gasteiger partial charge < -0.3 is 19.9 Å². The minimum Gasteiger partial charge on any atom is -0.394 e. The molecule has 1 heterocycles. The molecule has 2 atom stereocenters. The maximum atomic E-state index is 9.61. The van der Waals surface area contributed by atoms with E-state index in [-0.39, 0.29) is 12.1 Å². The van der Waals surface area contributed by atoms with Gasteiger partial charge in [0.05, 0.1) is 19.8 Å². The van der Waals surface area contributed by atoms with E-state index in [1.165, 1.54) is 0 Å². The van der Waals surface area contributed by atoms with E-state index in [0.717, 1.165) is 65.1 Å². The highest BCUT2D eigenvalue weighted by Crippen LogP contribution is 2.18. The largest absolute Gasteiger partial charge is 0.394 e. The molecule has 2 unspecified atom stereocenters. The highest BCUT2D eigenvalue weighted by atomic mass is 16.5. The summed E-state index contributed by atoms with van der Waals surface area (Å²) < 4.78 is 11.0. The number of nitrogens with one attached hydrogen (secondary N) is 1. The summed E-state index contributed by atoms with van der Waals surface area (Å²) in [5.74, 6) is 0.590. The van der Waals surface area contributed by atoms with Crippen molar-refractivity contribution in [3.8, 4) is 0 Å². The number of hydrogen-bond acceptors (Lipinski definition) is 4. The highest BCUT2D eigenvalue weighted by molar-refractivity contribution is 4.85. The molecule has 1 fully saturated rings. The Kier molecular flexibility index (Phi) is 8.62. The number of aliphatic hydroxyl groups is 1. The first-order chi connectivity index (χ1) is 9.26. The van der Waals surface area contributed by atoms with Crippen LogP contribution in [0.4, 0.5) is 0 Å². The van der Waals surface area contributed by atoms with Crippen LogP contribution in [0, 0.1) is 5.92 Å². The third kappa shape index (κ3) is 6.21. The number of rotatable bonds is 11. The van der Waals surface area contributed by atoms with Gasteiger partial charge in [0.15, 0.2) is 0 Å². The number of aliphatic hydroxyl groups excluding tert-OH is 1. The van der Waals surface area contributed by atoms with Crippen LogP contribution >= 0.6 is 0 Å². The van der Waals surface area contributed by atoms with Crippen LogP contribution in [0.15, 0.2) is 0 Å². The molecular formula is C15H31NO3. The van der Waals surface area contributed by atoms with Gasteiger partial charge in [0.25, 0.3) is 0 Å². The normalized spacial score (nSPS) is 22.6. The van der Waals surface area contributed by atoms with E-state index in [4.69, 9.17) is 9.47 Å². The fourth-order valence-corrected chi connectivity index (χ4v) is 2.50. The fraction of sp³-hybridized carbons (Fsp3) is 1.00. The van der Waals surface area contributed by atoms with Crippen LogP contribution in [0.3, 0.4) is 0 Å². The van der Waals surface area contributed by atoms with Gasteiger partial charge in [-0.2, -0.15) is 0 Å². The first-order valence-electron chi connectivity index (χ1n) is 7.77. The monoisotopic (exact) mass is 273 g/mol. The number of hydrogen-bond donors (Lipinski definition) is 2. The summed E-state index contributed by atoms with van der Waals surface area (Å²) in [6, 6.07) is 0. The number of ether oxygens (including phenoxy) is 2. The van der Waals surface area contributed by atoms with Crippen molar-refractivity contribution < 1.29 is 14.6 Å². The van der Waals surface area contributed by atoms with Crippen molar-refractivity contribution in [3.63, 3.8) is 0 Å². The molecule has 0 aromatic carbocycles. The molecule has 2 N–H and O–H groups in total. The average molecular weight is 273 g/mol. The molecule has 0 amide bonds. The van der Waals surface area contributed by atoms with E-state index in [0.29, 0.717) is 5.92 Å². The lowest BCUT2D eigenvalue weighted by molar-refractivity contribution is 0.0755. The van der Waals surface area contributed by atoms with Gasteiger partial charge in [0.1, 0.15) is 0 Å². The van der Waals surface area contributed by atoms with E-state index < -0.39 is 0 Å². The summed E-state index contributed by atoms with van der Waals surface area (Å²) in [6.45, 7) is 8.81. The van der Waals surface area contributed by atoms with Crippen molar-refractivity contribution in [1.29, 1.82) is 0 Å². The van der Waals surface area contributed by atoms with Crippen LogP contribution in [0.25, 0.3) is 0 Å². The van der Waals surface area contributed by atoms with Gasteiger partial charge in [0.2, 0.25) is 0 Å². The van der Waals surface area contributed by atoms with Crippen molar-refractivity contribution in [2.45, 2.75) is 51.5 Å². The minimum atomic E-state index is -0.115. The van der Waals surface area contributed by atoms with Crippen LogP contribution in [0.1, 0.15) is 46.0 Å². The van der Waals surface area contributed by atoms with Gasteiger partial charge in [-0.1, -0.05) is 13.8 Å². The average Bonchev–Trinajstić information content (AvgIpc) is 2.95. The van der Waals surface area contributed by atoms with Crippen molar-refractivity contribution in [3.05, 3.63) is 0 Å². The Balaban J connectivity index is 2.12. The van der Waals surface area contributed by atoms with Gasteiger partial charge >= 0.3 is 0 Å². The van der Waals surface area contributed by atoms with Gasteiger partial charge in [0, 0.05) is 24.7 Å². The van der Waals surface area contributed by atoms with Crippen LogP contribution < -0.4 is 5.32 Å². The molecule has 4 heteroatoms. The molecule has 0 spiro atoms. The second-order valence-electron chi connectivity index (χ2n) is 5.63. The molecule has 4 nitrogen and oxygen atoms in total. The summed E-state index contributed by atoms with van der Waals surface area (Å²) in [4.78, 5) is 0. The predicted molar refractivity (Wildman–Crippen MR) is 77.4 cm³/mol. The first kappa shape index (κ1) is 16.9. The zero-order valence-corrected chi connectivity index (χ0v) is 12.6. The smallest absolute Gasteiger partial charge is 0.0613 e. The zero-order chi connectivity index (χ0) is 14.0. The molecule has 1 aliphatic heterocycles. The van der Waals surface area contributed by atoms with E-state index >= 15 is 0 Å². The lowest BCUT2D eigenvalue weighted by atomic mass is 9.91. The minimum absolute atomic E-state index is 0.115. The maximum absolute atomic E-state index is 9.61. The van der Waals surface area contributed by atoms with E-state index in [1.807, 2.05) is 0 Å². The summed E-state index contributed by atoms with van der Waals surface area (Å²) in [5, 5.41) is 13.1. The van der Waals surface area contributed by atoms with Gasteiger partial charge in [-0.25, -0.2) is 0 Å². The molecule has 19 heavy (non-hydrogen) atoms. The fourth-order valence-electron chi connectivity index (χ4n) is 2.50. The van der Waals surface area contributed by atoms with E-state index in [1.54, 1.807) is 0 Å². The lowest BCUT2D eigenvalue weighted by Gasteiger charge is -2.32. The molecule has 1 rings (SSSR count). The summed E-state index contributed by atoms with van der Waals surface area (Å²) in [6.07, 6.45) is 5.16. The van der Waals surface area contributed by atoms with Crippen LogP contribution in [-0.4, -0.2) is 50.2 Å². The Morgan fingerprint density at radius 1 is 1.42 bits per heavy atom. The maximum Gasteiger partial charge on any atom is 0.0613 e. The molecule has 0 aliphatic carbocycles. The Labute approximate surface area is 117 Å². The first-order valence-corrected chi connectivity index (χ1v) is 7.77. The van der Waals surface area contributed by atoms with Gasteiger partial charge in [-0.05, 0) is 38.6 Å². The summed E-state index contributed by atoms with van der Waals surface area (Å²) in [5.41, 5.74) is -0.115. The molecule has 1 saturated heterocycles. The Hall–Kier alpha value is -0.160. The molecule has 0 aromatic rings. The molecule has 0 saturated carbocycles. The van der Waals surface area contributed by atoms with Crippen molar-refractivity contribution in [2.75, 3.05) is 39.6 Å². The highest BCUT2D eigenvalue weighted by Gasteiger charge is 2.25. The zero-order valence-electron chi connectivity index (χ0n) is 12.6. The third-order valence-corrected chi connectivity index (χ3v) is 4.05.